The lowest BCUT2D eigenvalue weighted by Gasteiger charge is -2.15. The van der Waals surface area contributed by atoms with Crippen molar-refractivity contribution in [3.8, 4) is 0 Å². The van der Waals surface area contributed by atoms with Crippen molar-refractivity contribution in [2.45, 2.75) is 148 Å². The molecule has 42 heavy (non-hydrogen) atoms. The lowest BCUT2D eigenvalue weighted by atomic mass is 10.1. The van der Waals surface area contributed by atoms with Crippen molar-refractivity contribution in [1.82, 2.24) is 0 Å². The van der Waals surface area contributed by atoms with Crippen LogP contribution in [0.15, 0.2) is 60.8 Å². The number of esters is 2. The fraction of sp³-hybridized carbons (Fsp3) is 0.676. The highest BCUT2D eigenvalue weighted by Crippen LogP contribution is 2.10. The molecule has 5 nitrogen and oxygen atoms in total. The van der Waals surface area contributed by atoms with Crippen LogP contribution in [0.25, 0.3) is 0 Å². The molecule has 0 aromatic rings. The van der Waals surface area contributed by atoms with Gasteiger partial charge < -0.3 is 14.6 Å². The van der Waals surface area contributed by atoms with E-state index in [1.165, 1.54) is 44.9 Å². The number of aliphatic hydroxyl groups excluding tert-OH is 1. The second-order valence-electron chi connectivity index (χ2n) is 10.9. The molecule has 0 bridgehead atoms. The van der Waals surface area contributed by atoms with Gasteiger partial charge in [0.25, 0.3) is 0 Å². The van der Waals surface area contributed by atoms with Crippen molar-refractivity contribution >= 4 is 11.9 Å². The first-order valence-electron chi connectivity index (χ1n) is 16.8. The average Bonchev–Trinajstić information content (AvgIpc) is 2.99. The quantitative estimate of drug-likeness (QED) is 0.0536. The molecule has 0 saturated heterocycles. The first-order valence-corrected chi connectivity index (χ1v) is 16.8. The van der Waals surface area contributed by atoms with Crippen LogP contribution in [0.4, 0.5) is 0 Å². The summed E-state index contributed by atoms with van der Waals surface area (Å²) in [6, 6.07) is 0. The molecule has 0 rings (SSSR count). The van der Waals surface area contributed by atoms with Crippen molar-refractivity contribution in [2.24, 2.45) is 0 Å². The summed E-state index contributed by atoms with van der Waals surface area (Å²) in [5, 5.41) is 9.50. The van der Waals surface area contributed by atoms with E-state index in [2.05, 4.69) is 74.6 Å². The van der Waals surface area contributed by atoms with Gasteiger partial charge in [-0.2, -0.15) is 0 Å². The van der Waals surface area contributed by atoms with Gasteiger partial charge in [-0.3, -0.25) is 9.59 Å². The molecule has 0 aliphatic carbocycles. The van der Waals surface area contributed by atoms with E-state index >= 15 is 0 Å². The molecule has 240 valence electrons. The molecule has 0 amide bonds. The first-order chi connectivity index (χ1) is 20.6. The molecule has 0 fully saturated rings. The molecule has 0 spiro atoms. The normalized spacial score (nSPS) is 12.9. The maximum atomic E-state index is 12.1. The molecule has 5 heteroatoms. The van der Waals surface area contributed by atoms with Crippen molar-refractivity contribution < 1.29 is 24.2 Å². The number of aliphatic hydroxyl groups is 1. The fourth-order valence-corrected chi connectivity index (χ4v) is 4.24. The standard InChI is InChI=1S/C37H62O5/c1-3-5-7-9-11-13-15-17-18-20-21-23-25-27-29-31-36(39)41-34-35(33-38)42-37(40)32-30-28-26-24-22-19-16-14-12-10-8-6-4-2/h5,7,11,13-14,16-18,21,23,35,38H,3-4,6,8-10,12,15,19-20,22,24-34H2,1-2H3/t35-/m0/s1. The minimum absolute atomic E-state index is 0.0932. The van der Waals surface area contributed by atoms with E-state index in [4.69, 9.17) is 9.47 Å². The van der Waals surface area contributed by atoms with Crippen LogP contribution in [-0.4, -0.2) is 36.4 Å². The van der Waals surface area contributed by atoms with Gasteiger partial charge in [0.2, 0.25) is 0 Å². The number of carbonyl (C=O) groups excluding carboxylic acids is 2. The number of hydrogen-bond acceptors (Lipinski definition) is 5. The first kappa shape index (κ1) is 39.6. The zero-order valence-electron chi connectivity index (χ0n) is 27.0. The molecule has 0 aliphatic heterocycles. The predicted molar refractivity (Wildman–Crippen MR) is 177 cm³/mol. The van der Waals surface area contributed by atoms with Gasteiger partial charge in [-0.1, -0.05) is 113 Å². The second-order valence-corrected chi connectivity index (χ2v) is 10.9. The summed E-state index contributed by atoms with van der Waals surface area (Å²) in [4.78, 5) is 24.1. The molecular formula is C37H62O5. The van der Waals surface area contributed by atoms with E-state index in [9.17, 15) is 14.7 Å². The molecule has 0 aromatic heterocycles. The Bertz CT molecular complexity index is 762. The lowest BCUT2D eigenvalue weighted by molar-refractivity contribution is -0.161. The molecule has 1 atom stereocenters. The van der Waals surface area contributed by atoms with E-state index in [1.807, 2.05) is 0 Å². The van der Waals surface area contributed by atoms with Crippen LogP contribution in [0.3, 0.4) is 0 Å². The van der Waals surface area contributed by atoms with E-state index in [0.29, 0.717) is 12.8 Å². The Morgan fingerprint density at radius 3 is 1.62 bits per heavy atom. The van der Waals surface area contributed by atoms with Gasteiger partial charge in [-0.05, 0) is 77.0 Å². The van der Waals surface area contributed by atoms with Crippen molar-refractivity contribution in [2.75, 3.05) is 13.2 Å². The number of hydrogen-bond donors (Lipinski definition) is 1. The maximum Gasteiger partial charge on any atom is 0.306 e. The van der Waals surface area contributed by atoms with Crippen molar-refractivity contribution in [3.05, 3.63) is 60.8 Å². The lowest BCUT2D eigenvalue weighted by Crippen LogP contribution is -2.28. The topological polar surface area (TPSA) is 72.8 Å². The summed E-state index contributed by atoms with van der Waals surface area (Å²) in [6.45, 7) is 3.94. The van der Waals surface area contributed by atoms with E-state index in [-0.39, 0.29) is 25.2 Å². The summed E-state index contributed by atoms with van der Waals surface area (Å²) in [5.41, 5.74) is 0. The predicted octanol–water partition coefficient (Wildman–Crippen LogP) is 10.1. The molecule has 0 heterocycles. The van der Waals surface area contributed by atoms with Crippen LogP contribution < -0.4 is 0 Å². The molecule has 0 aliphatic rings. The van der Waals surface area contributed by atoms with Crippen LogP contribution in [0.1, 0.15) is 142 Å². The Labute approximate surface area is 258 Å². The minimum Gasteiger partial charge on any atom is -0.462 e. The third-order valence-electron chi connectivity index (χ3n) is 6.80. The Hall–Kier alpha value is -2.40. The maximum absolute atomic E-state index is 12.1. The Morgan fingerprint density at radius 1 is 0.571 bits per heavy atom. The van der Waals surface area contributed by atoms with Gasteiger partial charge in [0.1, 0.15) is 6.61 Å². The third kappa shape index (κ3) is 30.6. The Balaban J connectivity index is 3.70. The smallest absolute Gasteiger partial charge is 0.306 e. The number of unbranched alkanes of at least 4 members (excludes halogenated alkanes) is 11. The van der Waals surface area contributed by atoms with Gasteiger partial charge in [-0.25, -0.2) is 0 Å². The van der Waals surface area contributed by atoms with Gasteiger partial charge in [0, 0.05) is 12.8 Å². The van der Waals surface area contributed by atoms with Crippen LogP contribution in [-0.2, 0) is 19.1 Å². The van der Waals surface area contributed by atoms with E-state index in [0.717, 1.165) is 70.6 Å². The zero-order chi connectivity index (χ0) is 30.8. The van der Waals surface area contributed by atoms with Gasteiger partial charge >= 0.3 is 11.9 Å². The summed E-state index contributed by atoms with van der Waals surface area (Å²) in [5.74, 6) is -0.657. The Morgan fingerprint density at radius 2 is 1.02 bits per heavy atom. The monoisotopic (exact) mass is 586 g/mol. The highest BCUT2D eigenvalue weighted by atomic mass is 16.6. The number of rotatable bonds is 29. The highest BCUT2D eigenvalue weighted by Gasteiger charge is 2.16. The van der Waals surface area contributed by atoms with Crippen molar-refractivity contribution in [3.63, 3.8) is 0 Å². The third-order valence-corrected chi connectivity index (χ3v) is 6.80. The molecule has 0 aromatic carbocycles. The van der Waals surface area contributed by atoms with E-state index in [1.54, 1.807) is 0 Å². The zero-order valence-corrected chi connectivity index (χ0v) is 27.0. The van der Waals surface area contributed by atoms with Gasteiger partial charge in [0.05, 0.1) is 6.61 Å². The van der Waals surface area contributed by atoms with E-state index < -0.39 is 6.10 Å². The summed E-state index contributed by atoms with van der Waals surface area (Å²) >= 11 is 0. The summed E-state index contributed by atoms with van der Waals surface area (Å²) in [7, 11) is 0. The molecular weight excluding hydrogens is 524 g/mol. The number of ether oxygens (including phenoxy) is 2. The molecule has 0 saturated carbocycles. The molecule has 0 radical (unpaired) electrons. The largest absolute Gasteiger partial charge is 0.462 e. The van der Waals surface area contributed by atoms with Crippen LogP contribution in [0.2, 0.25) is 0 Å². The SMILES string of the molecule is CCC=CCC=CCC=CCC=CCCCCC(=O)OC[C@H](CO)OC(=O)CCCCCCCC=CCCCCCC. The van der Waals surface area contributed by atoms with Gasteiger partial charge in [0.15, 0.2) is 6.10 Å². The van der Waals surface area contributed by atoms with Gasteiger partial charge in [-0.15, -0.1) is 0 Å². The van der Waals surface area contributed by atoms with Crippen molar-refractivity contribution in [1.29, 1.82) is 0 Å². The second kappa shape index (κ2) is 33.1. The fourth-order valence-electron chi connectivity index (χ4n) is 4.24. The molecule has 1 N–H and O–H groups in total. The molecule has 0 unspecified atom stereocenters. The minimum atomic E-state index is -0.792. The number of allylic oxidation sites excluding steroid dienone is 10. The van der Waals surface area contributed by atoms with Crippen LogP contribution >= 0.6 is 0 Å². The number of carbonyl (C=O) groups is 2. The van der Waals surface area contributed by atoms with Crippen LogP contribution in [0, 0.1) is 0 Å². The Kier molecular flexibility index (Phi) is 31.2. The average molecular weight is 587 g/mol. The van der Waals surface area contributed by atoms with Crippen LogP contribution in [0.5, 0.6) is 0 Å². The summed E-state index contributed by atoms with van der Waals surface area (Å²) in [6.07, 6.45) is 41.3. The summed E-state index contributed by atoms with van der Waals surface area (Å²) < 4.78 is 10.5. The highest BCUT2D eigenvalue weighted by molar-refractivity contribution is 5.70.